The van der Waals surface area contributed by atoms with Crippen molar-refractivity contribution in [3.63, 3.8) is 0 Å². The first-order valence-corrected chi connectivity index (χ1v) is 11.8. The molecule has 1 saturated heterocycles. The van der Waals surface area contributed by atoms with Crippen molar-refractivity contribution in [2.75, 3.05) is 11.9 Å². The number of ether oxygens (including phenoxy) is 1. The van der Waals surface area contributed by atoms with E-state index in [-0.39, 0.29) is 29.9 Å². The lowest BCUT2D eigenvalue weighted by molar-refractivity contribution is -0.144. The molecule has 0 aliphatic carbocycles. The first-order valence-electron chi connectivity index (χ1n) is 10.0. The molecule has 1 unspecified atom stereocenters. The number of nitrogens with one attached hydrogen (secondary N) is 2. The van der Waals surface area contributed by atoms with Gasteiger partial charge in [0.25, 0.3) is 5.91 Å². The SMILES string of the molecule is CC(=O)NC1S[C@@H]2[C@H](c3cccs3)C(=O)N2C(C(=O)Nc2ccc(O)cc2)=C1COC(C)=O. The number of hydrogen-bond acceptors (Lipinski definition) is 8. The zero-order valence-corrected chi connectivity index (χ0v) is 19.4. The number of thiophene rings is 1. The maximum Gasteiger partial charge on any atom is 0.302 e. The number of β-lactam (4-membered cyclic amide) rings is 1. The summed E-state index contributed by atoms with van der Waals surface area (Å²) in [5.74, 6) is -2.11. The van der Waals surface area contributed by atoms with Gasteiger partial charge in [-0.25, -0.2) is 0 Å². The number of esters is 1. The molecule has 2 aromatic rings. The summed E-state index contributed by atoms with van der Waals surface area (Å²) in [5, 5.41) is 15.8. The van der Waals surface area contributed by atoms with Crippen LogP contribution in [-0.4, -0.2) is 51.1 Å². The van der Waals surface area contributed by atoms with E-state index in [1.165, 1.54) is 66.1 Å². The molecule has 3 heterocycles. The fourth-order valence-electron chi connectivity index (χ4n) is 3.69. The van der Waals surface area contributed by atoms with Gasteiger partial charge in [0.05, 0.1) is 0 Å². The molecule has 4 rings (SSSR count). The van der Waals surface area contributed by atoms with Crippen LogP contribution in [0.25, 0.3) is 0 Å². The monoisotopic (exact) mass is 487 g/mol. The Bertz CT molecular complexity index is 1130. The number of nitrogens with zero attached hydrogens (tertiary/aromatic N) is 1. The second-order valence-corrected chi connectivity index (χ2v) is 9.67. The van der Waals surface area contributed by atoms with Gasteiger partial charge in [0.2, 0.25) is 11.8 Å². The summed E-state index contributed by atoms with van der Waals surface area (Å²) < 4.78 is 5.17. The van der Waals surface area contributed by atoms with Crippen LogP contribution in [0.1, 0.15) is 24.6 Å². The topological polar surface area (TPSA) is 125 Å². The zero-order valence-electron chi connectivity index (χ0n) is 17.7. The molecule has 0 saturated carbocycles. The number of carbonyl (C=O) groups excluding carboxylic acids is 4. The molecule has 3 amide bonds. The molecule has 9 nitrogen and oxygen atoms in total. The average molecular weight is 488 g/mol. The van der Waals surface area contributed by atoms with Crippen LogP contribution in [0.2, 0.25) is 0 Å². The van der Waals surface area contributed by atoms with Gasteiger partial charge < -0.3 is 20.5 Å². The number of amides is 3. The summed E-state index contributed by atoms with van der Waals surface area (Å²) in [6.45, 7) is 2.34. The van der Waals surface area contributed by atoms with Crippen molar-refractivity contribution in [1.29, 1.82) is 0 Å². The van der Waals surface area contributed by atoms with Gasteiger partial charge >= 0.3 is 5.97 Å². The first-order chi connectivity index (χ1) is 15.8. The fourth-order valence-corrected chi connectivity index (χ4v) is 6.23. The van der Waals surface area contributed by atoms with Gasteiger partial charge in [-0.2, -0.15) is 0 Å². The number of anilines is 1. The highest BCUT2D eigenvalue weighted by Crippen LogP contribution is 2.51. The molecule has 2 aliphatic heterocycles. The molecule has 1 aromatic heterocycles. The van der Waals surface area contributed by atoms with Gasteiger partial charge in [-0.15, -0.1) is 23.1 Å². The quantitative estimate of drug-likeness (QED) is 0.325. The van der Waals surface area contributed by atoms with E-state index in [1.807, 2.05) is 17.5 Å². The Kier molecular flexibility index (Phi) is 6.43. The van der Waals surface area contributed by atoms with Crippen LogP contribution in [0.5, 0.6) is 5.75 Å². The fraction of sp³-hybridized carbons (Fsp3) is 0.273. The maximum absolute atomic E-state index is 13.4. The second-order valence-electron chi connectivity index (χ2n) is 7.46. The van der Waals surface area contributed by atoms with Crippen LogP contribution in [0, 0.1) is 0 Å². The minimum absolute atomic E-state index is 0.0410. The first kappa shape index (κ1) is 22.9. The molecular formula is C22H21N3O6S2. The highest BCUT2D eigenvalue weighted by atomic mass is 32.2. The normalized spacial score (nSPS) is 21.7. The predicted octanol–water partition coefficient (Wildman–Crippen LogP) is 2.37. The maximum atomic E-state index is 13.4. The van der Waals surface area contributed by atoms with E-state index in [4.69, 9.17) is 4.74 Å². The molecule has 172 valence electrons. The molecule has 0 radical (unpaired) electrons. The Morgan fingerprint density at radius 2 is 1.88 bits per heavy atom. The van der Waals surface area contributed by atoms with Gasteiger partial charge in [-0.1, -0.05) is 6.07 Å². The molecule has 3 atom stereocenters. The number of phenolic OH excluding ortho intramolecular Hbond substituents is 1. The highest BCUT2D eigenvalue weighted by molar-refractivity contribution is 8.00. The Morgan fingerprint density at radius 3 is 2.48 bits per heavy atom. The summed E-state index contributed by atoms with van der Waals surface area (Å²) in [6, 6.07) is 9.61. The standard InChI is InChI=1S/C22H21N3O6S2/c1-11(26)23-20-15(10-31-12(2)27)18(19(29)24-13-5-7-14(28)8-6-13)25-21(30)17(22(25)33-20)16-4-3-9-32-16/h3-9,17,20,22,28H,10H2,1-2H3,(H,23,26)(H,24,29)/t17-,20?,22-/m1/s1. The molecule has 33 heavy (non-hydrogen) atoms. The Labute approximate surface area is 197 Å². The minimum atomic E-state index is -0.667. The number of fused-ring (bicyclic) bond motifs is 1. The predicted molar refractivity (Wildman–Crippen MR) is 123 cm³/mol. The summed E-state index contributed by atoms with van der Waals surface area (Å²) >= 11 is 2.78. The van der Waals surface area contributed by atoms with Crippen molar-refractivity contribution in [2.45, 2.75) is 30.5 Å². The van der Waals surface area contributed by atoms with E-state index in [0.29, 0.717) is 11.3 Å². The van der Waals surface area contributed by atoms with Crippen LogP contribution >= 0.6 is 23.1 Å². The number of aromatic hydroxyl groups is 1. The smallest absolute Gasteiger partial charge is 0.302 e. The van der Waals surface area contributed by atoms with Crippen molar-refractivity contribution in [2.24, 2.45) is 0 Å². The number of thioether (sulfide) groups is 1. The average Bonchev–Trinajstić information content (AvgIpc) is 3.27. The van der Waals surface area contributed by atoms with Crippen molar-refractivity contribution in [1.82, 2.24) is 10.2 Å². The Balaban J connectivity index is 1.74. The minimum Gasteiger partial charge on any atom is -0.508 e. The number of benzene rings is 1. The third-order valence-corrected chi connectivity index (χ3v) is 7.53. The molecule has 1 aromatic carbocycles. The van der Waals surface area contributed by atoms with Crippen LogP contribution in [0.15, 0.2) is 53.0 Å². The molecule has 0 bridgehead atoms. The Hall–Kier alpha value is -3.31. The summed E-state index contributed by atoms with van der Waals surface area (Å²) in [6.07, 6.45) is 0. The van der Waals surface area contributed by atoms with E-state index in [9.17, 15) is 24.3 Å². The highest BCUT2D eigenvalue weighted by Gasteiger charge is 2.56. The van der Waals surface area contributed by atoms with Gasteiger partial charge in [-0.05, 0) is 35.7 Å². The summed E-state index contributed by atoms with van der Waals surface area (Å²) in [7, 11) is 0. The Morgan fingerprint density at radius 1 is 1.15 bits per heavy atom. The van der Waals surface area contributed by atoms with Crippen LogP contribution in [0.4, 0.5) is 5.69 Å². The van der Waals surface area contributed by atoms with E-state index in [2.05, 4.69) is 10.6 Å². The molecule has 2 aliphatic rings. The number of rotatable bonds is 6. The lowest BCUT2D eigenvalue weighted by Gasteiger charge is -2.51. The zero-order chi connectivity index (χ0) is 23.7. The molecule has 0 spiro atoms. The van der Waals surface area contributed by atoms with Gasteiger partial charge in [-0.3, -0.25) is 24.1 Å². The van der Waals surface area contributed by atoms with Crippen molar-refractivity contribution in [3.05, 3.63) is 57.9 Å². The molecule has 1 fully saturated rings. The van der Waals surface area contributed by atoms with Gasteiger partial charge in [0, 0.05) is 30.0 Å². The van der Waals surface area contributed by atoms with Crippen LogP contribution in [-0.2, 0) is 23.9 Å². The summed E-state index contributed by atoms with van der Waals surface area (Å²) in [4.78, 5) is 52.3. The number of hydrogen-bond donors (Lipinski definition) is 3. The lowest BCUT2D eigenvalue weighted by Crippen LogP contribution is -2.62. The van der Waals surface area contributed by atoms with E-state index >= 15 is 0 Å². The third-order valence-electron chi connectivity index (χ3n) is 5.14. The number of carbonyl (C=O) groups is 4. The third kappa shape index (κ3) is 4.60. The molecule has 3 N–H and O–H groups in total. The van der Waals surface area contributed by atoms with Crippen LogP contribution < -0.4 is 10.6 Å². The van der Waals surface area contributed by atoms with Crippen LogP contribution in [0.3, 0.4) is 0 Å². The second kappa shape index (κ2) is 9.28. The number of phenols is 1. The van der Waals surface area contributed by atoms with E-state index in [0.717, 1.165) is 4.88 Å². The van der Waals surface area contributed by atoms with Crippen molar-refractivity contribution >= 4 is 52.5 Å². The van der Waals surface area contributed by atoms with Crippen molar-refractivity contribution < 1.29 is 29.0 Å². The lowest BCUT2D eigenvalue weighted by atomic mass is 9.93. The molecular weight excluding hydrogens is 466 g/mol. The van der Waals surface area contributed by atoms with E-state index in [1.54, 1.807) is 0 Å². The van der Waals surface area contributed by atoms with Gasteiger partial charge in [0.1, 0.15) is 34.7 Å². The summed E-state index contributed by atoms with van der Waals surface area (Å²) in [5.41, 5.74) is 0.770. The van der Waals surface area contributed by atoms with Gasteiger partial charge in [0.15, 0.2) is 0 Å². The molecule has 11 heteroatoms. The van der Waals surface area contributed by atoms with E-state index < -0.39 is 28.5 Å². The largest absolute Gasteiger partial charge is 0.508 e. The van der Waals surface area contributed by atoms with Crippen molar-refractivity contribution in [3.8, 4) is 5.75 Å².